The third kappa shape index (κ3) is 4.91. The van der Waals surface area contributed by atoms with Crippen molar-refractivity contribution in [1.29, 1.82) is 0 Å². The van der Waals surface area contributed by atoms with Gasteiger partial charge in [-0.25, -0.2) is 9.97 Å². The van der Waals surface area contributed by atoms with Gasteiger partial charge in [-0.05, 0) is 57.7 Å². The van der Waals surface area contributed by atoms with Crippen LogP contribution in [0.3, 0.4) is 0 Å². The van der Waals surface area contributed by atoms with E-state index in [0.29, 0.717) is 12.6 Å². The average Bonchev–Trinajstić information content (AvgIpc) is 2.67. The number of anilines is 1. The van der Waals surface area contributed by atoms with Crippen molar-refractivity contribution in [3.63, 3.8) is 0 Å². The molecule has 2 unspecified atom stereocenters. The maximum absolute atomic E-state index is 12.6. The zero-order chi connectivity index (χ0) is 17.6. The summed E-state index contributed by atoms with van der Waals surface area (Å²) in [6.45, 7) is 9.24. The molecule has 2 aliphatic rings. The van der Waals surface area contributed by atoms with Crippen LogP contribution in [0.5, 0.6) is 0 Å². The quantitative estimate of drug-likeness (QED) is 0.883. The predicted molar refractivity (Wildman–Crippen MR) is 99.4 cm³/mol. The summed E-state index contributed by atoms with van der Waals surface area (Å²) in [5.74, 6) is 1.78. The Labute approximate surface area is 151 Å². The fourth-order valence-corrected chi connectivity index (χ4v) is 3.82. The lowest BCUT2D eigenvalue weighted by atomic mass is 9.97. The molecule has 2 saturated heterocycles. The molecule has 0 bridgehead atoms. The lowest BCUT2D eigenvalue weighted by Gasteiger charge is -2.36. The number of carbonyl (C=O) groups is 1. The molecule has 1 aromatic heterocycles. The van der Waals surface area contributed by atoms with Crippen molar-refractivity contribution in [2.45, 2.75) is 45.6 Å². The van der Waals surface area contributed by atoms with E-state index in [1.54, 1.807) is 12.4 Å². The van der Waals surface area contributed by atoms with Crippen molar-refractivity contribution in [3.8, 4) is 0 Å². The molecule has 1 amide bonds. The zero-order valence-electron chi connectivity index (χ0n) is 15.5. The van der Waals surface area contributed by atoms with Gasteiger partial charge in [0.15, 0.2) is 0 Å². The van der Waals surface area contributed by atoms with Gasteiger partial charge in [-0.3, -0.25) is 9.69 Å². The van der Waals surface area contributed by atoms with E-state index in [4.69, 9.17) is 0 Å². The highest BCUT2D eigenvalue weighted by atomic mass is 16.1. The number of hydrogen-bond donors (Lipinski definition) is 1. The molecule has 0 spiro atoms. The van der Waals surface area contributed by atoms with Crippen LogP contribution < -0.4 is 10.2 Å². The van der Waals surface area contributed by atoms with Crippen LogP contribution in [0.4, 0.5) is 5.95 Å². The Hall–Kier alpha value is -1.69. The van der Waals surface area contributed by atoms with Gasteiger partial charge in [0.25, 0.3) is 0 Å². The van der Waals surface area contributed by atoms with Gasteiger partial charge in [-0.15, -0.1) is 0 Å². The number of hydrogen-bond acceptors (Lipinski definition) is 5. The second-order valence-electron chi connectivity index (χ2n) is 7.65. The van der Waals surface area contributed by atoms with Gasteiger partial charge in [-0.1, -0.05) is 6.92 Å². The highest BCUT2D eigenvalue weighted by Gasteiger charge is 2.28. The minimum absolute atomic E-state index is 0.0335. The number of piperidine rings is 2. The normalized spacial score (nSPS) is 24.1. The van der Waals surface area contributed by atoms with Crippen LogP contribution in [0.2, 0.25) is 0 Å². The van der Waals surface area contributed by atoms with Gasteiger partial charge in [0.05, 0.1) is 5.92 Å². The first-order valence-electron chi connectivity index (χ1n) is 9.67. The summed E-state index contributed by atoms with van der Waals surface area (Å²) >= 11 is 0. The maximum atomic E-state index is 12.6. The van der Waals surface area contributed by atoms with Crippen LogP contribution in [0.1, 0.15) is 39.5 Å². The molecule has 2 aliphatic heterocycles. The van der Waals surface area contributed by atoms with E-state index in [1.807, 2.05) is 6.07 Å². The first-order chi connectivity index (χ1) is 12.1. The standard InChI is InChI=1S/C19H31N5O/c1-15-6-11-23(12-7-15)16(2)13-22-18(25)17-5-3-10-24(14-17)19-20-8-4-9-21-19/h4,8-9,15-17H,3,5-7,10-14H2,1-2H3,(H,22,25). The maximum Gasteiger partial charge on any atom is 0.225 e. The monoisotopic (exact) mass is 345 g/mol. The summed E-state index contributed by atoms with van der Waals surface area (Å²) < 4.78 is 0. The molecule has 1 N–H and O–H groups in total. The Balaban J connectivity index is 1.46. The van der Waals surface area contributed by atoms with E-state index in [2.05, 4.69) is 38.9 Å². The number of likely N-dealkylation sites (tertiary alicyclic amines) is 1. The first kappa shape index (κ1) is 18.1. The van der Waals surface area contributed by atoms with Crippen LogP contribution in [0.15, 0.2) is 18.5 Å². The molecule has 3 rings (SSSR count). The van der Waals surface area contributed by atoms with Gasteiger partial charge >= 0.3 is 0 Å². The van der Waals surface area contributed by atoms with Crippen LogP contribution in [0.25, 0.3) is 0 Å². The molecular weight excluding hydrogens is 314 g/mol. The Morgan fingerprint density at radius 1 is 1.24 bits per heavy atom. The van der Waals surface area contributed by atoms with Crippen molar-refractivity contribution in [3.05, 3.63) is 18.5 Å². The number of nitrogens with one attached hydrogen (secondary N) is 1. The van der Waals surface area contributed by atoms with Crippen LogP contribution in [-0.4, -0.2) is 59.5 Å². The number of rotatable bonds is 5. The topological polar surface area (TPSA) is 61.4 Å². The molecule has 6 nitrogen and oxygen atoms in total. The van der Waals surface area contributed by atoms with Gasteiger partial charge in [0, 0.05) is 38.1 Å². The van der Waals surface area contributed by atoms with Crippen LogP contribution in [0, 0.1) is 11.8 Å². The summed E-state index contributed by atoms with van der Waals surface area (Å²) in [4.78, 5) is 25.9. The second-order valence-corrected chi connectivity index (χ2v) is 7.65. The lowest BCUT2D eigenvalue weighted by Crippen LogP contribution is -2.48. The zero-order valence-corrected chi connectivity index (χ0v) is 15.5. The fraction of sp³-hybridized carbons (Fsp3) is 0.737. The van der Waals surface area contributed by atoms with Gasteiger partial charge in [0.1, 0.15) is 0 Å². The molecule has 0 aromatic carbocycles. The lowest BCUT2D eigenvalue weighted by molar-refractivity contribution is -0.125. The molecule has 2 atom stereocenters. The van der Waals surface area contributed by atoms with Crippen molar-refractivity contribution in [2.24, 2.45) is 11.8 Å². The van der Waals surface area contributed by atoms with Crippen molar-refractivity contribution < 1.29 is 4.79 Å². The largest absolute Gasteiger partial charge is 0.354 e. The number of aromatic nitrogens is 2. The second kappa shape index (κ2) is 8.61. The third-order valence-electron chi connectivity index (χ3n) is 5.64. The SMILES string of the molecule is CC1CCN(C(C)CNC(=O)C2CCCN(c3ncccn3)C2)CC1. The summed E-state index contributed by atoms with van der Waals surface area (Å²) in [5.41, 5.74) is 0. The van der Waals surface area contributed by atoms with Crippen molar-refractivity contribution in [2.75, 3.05) is 37.6 Å². The number of amides is 1. The molecule has 138 valence electrons. The van der Waals surface area contributed by atoms with Gasteiger partial charge in [-0.2, -0.15) is 0 Å². The molecular formula is C19H31N5O. The van der Waals surface area contributed by atoms with E-state index >= 15 is 0 Å². The highest BCUT2D eigenvalue weighted by molar-refractivity contribution is 5.79. The number of nitrogens with zero attached hydrogens (tertiary/aromatic N) is 4. The van der Waals surface area contributed by atoms with E-state index in [9.17, 15) is 4.79 Å². The van der Waals surface area contributed by atoms with E-state index < -0.39 is 0 Å². The Morgan fingerprint density at radius 2 is 1.96 bits per heavy atom. The van der Waals surface area contributed by atoms with E-state index in [0.717, 1.165) is 50.9 Å². The predicted octanol–water partition coefficient (Wildman–Crippen LogP) is 1.93. The summed E-state index contributed by atoms with van der Waals surface area (Å²) in [6.07, 6.45) is 8.01. The van der Waals surface area contributed by atoms with E-state index in [1.165, 1.54) is 12.8 Å². The molecule has 3 heterocycles. The molecule has 0 saturated carbocycles. The summed E-state index contributed by atoms with van der Waals surface area (Å²) in [6, 6.07) is 2.23. The van der Waals surface area contributed by atoms with Crippen molar-refractivity contribution in [1.82, 2.24) is 20.2 Å². The Kier molecular flexibility index (Phi) is 6.24. The molecule has 0 aliphatic carbocycles. The minimum atomic E-state index is 0.0335. The van der Waals surface area contributed by atoms with Gasteiger partial charge < -0.3 is 10.2 Å². The smallest absolute Gasteiger partial charge is 0.225 e. The van der Waals surface area contributed by atoms with Crippen molar-refractivity contribution >= 4 is 11.9 Å². The van der Waals surface area contributed by atoms with Crippen LogP contribution in [-0.2, 0) is 4.79 Å². The Morgan fingerprint density at radius 3 is 2.68 bits per heavy atom. The highest BCUT2D eigenvalue weighted by Crippen LogP contribution is 2.21. The molecule has 1 aromatic rings. The first-order valence-corrected chi connectivity index (χ1v) is 9.67. The van der Waals surface area contributed by atoms with E-state index in [-0.39, 0.29) is 11.8 Å². The minimum Gasteiger partial charge on any atom is -0.354 e. The fourth-order valence-electron chi connectivity index (χ4n) is 3.82. The Bertz CT molecular complexity index is 544. The van der Waals surface area contributed by atoms with Crippen LogP contribution >= 0.6 is 0 Å². The summed E-state index contributed by atoms with van der Waals surface area (Å²) in [7, 11) is 0. The number of carbonyl (C=O) groups excluding carboxylic acids is 1. The third-order valence-corrected chi connectivity index (χ3v) is 5.64. The van der Waals surface area contributed by atoms with Gasteiger partial charge in [0.2, 0.25) is 11.9 Å². The molecule has 0 radical (unpaired) electrons. The summed E-state index contributed by atoms with van der Waals surface area (Å²) in [5, 5.41) is 3.18. The molecule has 25 heavy (non-hydrogen) atoms. The molecule has 6 heteroatoms. The molecule has 2 fully saturated rings. The average molecular weight is 345 g/mol.